The van der Waals surface area contributed by atoms with Crippen LogP contribution in [0.1, 0.15) is 5.56 Å². The van der Waals surface area contributed by atoms with Crippen molar-refractivity contribution in [3.63, 3.8) is 0 Å². The predicted molar refractivity (Wildman–Crippen MR) is 68.2 cm³/mol. The van der Waals surface area contributed by atoms with Crippen molar-refractivity contribution >= 4 is 28.5 Å². The van der Waals surface area contributed by atoms with E-state index in [0.717, 1.165) is 16.6 Å². The number of aryl methyl sites for hydroxylation is 1. The molecule has 1 aromatic carbocycles. The lowest BCUT2D eigenvalue weighted by atomic mass is 10.2. The van der Waals surface area contributed by atoms with Crippen LogP contribution in [0.25, 0.3) is 11.0 Å². The van der Waals surface area contributed by atoms with Crippen LogP contribution in [0.15, 0.2) is 18.2 Å². The van der Waals surface area contributed by atoms with Gasteiger partial charge in [-0.15, -0.1) is 0 Å². The standard InChI is InChI=1S/C12H14ClN3O/c1-8-4-5-9-10(6-8)16(12(13)14-9)7-11(17)15(2)3/h4-6H,7H2,1-3H3. The maximum atomic E-state index is 11.7. The normalized spacial score (nSPS) is 10.8. The summed E-state index contributed by atoms with van der Waals surface area (Å²) in [6, 6.07) is 5.87. The van der Waals surface area contributed by atoms with Crippen molar-refractivity contribution in [3.05, 3.63) is 29.0 Å². The topological polar surface area (TPSA) is 38.1 Å². The number of likely N-dealkylation sites (N-methyl/N-ethyl adjacent to an activating group) is 1. The molecule has 17 heavy (non-hydrogen) atoms. The third kappa shape index (κ3) is 2.26. The van der Waals surface area contributed by atoms with E-state index in [1.54, 1.807) is 18.7 Å². The zero-order chi connectivity index (χ0) is 12.6. The molecule has 0 atom stereocenters. The van der Waals surface area contributed by atoms with Crippen LogP contribution in [-0.4, -0.2) is 34.5 Å². The molecule has 0 unspecified atom stereocenters. The minimum Gasteiger partial charge on any atom is -0.347 e. The van der Waals surface area contributed by atoms with Gasteiger partial charge in [-0.2, -0.15) is 0 Å². The molecule has 0 aliphatic rings. The Morgan fingerprint density at radius 1 is 1.47 bits per heavy atom. The summed E-state index contributed by atoms with van der Waals surface area (Å²) in [5, 5.41) is 0.348. The third-order valence-electron chi connectivity index (χ3n) is 2.65. The summed E-state index contributed by atoms with van der Waals surface area (Å²) in [6.45, 7) is 2.21. The molecule has 0 fully saturated rings. The number of rotatable bonds is 2. The largest absolute Gasteiger partial charge is 0.347 e. The Kier molecular flexibility index (Phi) is 3.07. The lowest BCUT2D eigenvalue weighted by molar-refractivity contribution is -0.129. The molecule has 2 rings (SSSR count). The fourth-order valence-electron chi connectivity index (χ4n) is 1.63. The molecule has 0 bridgehead atoms. The molecular formula is C12H14ClN3O. The molecule has 1 heterocycles. The summed E-state index contributed by atoms with van der Waals surface area (Å²) in [5.41, 5.74) is 2.82. The summed E-state index contributed by atoms with van der Waals surface area (Å²) < 4.78 is 1.73. The first-order chi connectivity index (χ1) is 7.99. The SMILES string of the molecule is Cc1ccc2nc(Cl)n(CC(=O)N(C)C)c2c1. The Morgan fingerprint density at radius 2 is 2.18 bits per heavy atom. The zero-order valence-corrected chi connectivity index (χ0v) is 10.8. The maximum Gasteiger partial charge on any atom is 0.242 e. The van der Waals surface area contributed by atoms with E-state index >= 15 is 0 Å². The maximum absolute atomic E-state index is 11.7. The first-order valence-corrected chi connectivity index (χ1v) is 5.69. The Morgan fingerprint density at radius 3 is 2.82 bits per heavy atom. The van der Waals surface area contributed by atoms with Crippen LogP contribution in [0.4, 0.5) is 0 Å². The smallest absolute Gasteiger partial charge is 0.242 e. The Bertz CT molecular complexity index is 574. The van der Waals surface area contributed by atoms with Crippen molar-refractivity contribution in [1.29, 1.82) is 0 Å². The highest BCUT2D eigenvalue weighted by Crippen LogP contribution is 2.20. The fraction of sp³-hybridized carbons (Fsp3) is 0.333. The lowest BCUT2D eigenvalue weighted by Crippen LogP contribution is -2.26. The van der Waals surface area contributed by atoms with Gasteiger partial charge in [-0.25, -0.2) is 4.98 Å². The van der Waals surface area contributed by atoms with Gasteiger partial charge in [0.05, 0.1) is 11.0 Å². The number of carbonyl (C=O) groups excluding carboxylic acids is 1. The number of halogens is 1. The van der Waals surface area contributed by atoms with Crippen LogP contribution in [0.5, 0.6) is 0 Å². The second-order valence-corrected chi connectivity index (χ2v) is 4.59. The van der Waals surface area contributed by atoms with Crippen molar-refractivity contribution < 1.29 is 4.79 Å². The molecule has 1 aromatic heterocycles. The van der Waals surface area contributed by atoms with E-state index in [2.05, 4.69) is 4.98 Å². The van der Waals surface area contributed by atoms with Gasteiger partial charge in [0.15, 0.2) is 0 Å². The van der Waals surface area contributed by atoms with Crippen molar-refractivity contribution in [2.45, 2.75) is 13.5 Å². The number of hydrogen-bond acceptors (Lipinski definition) is 2. The summed E-state index contributed by atoms with van der Waals surface area (Å²) in [4.78, 5) is 17.5. The Hall–Kier alpha value is -1.55. The Balaban J connectivity index is 2.48. The van der Waals surface area contributed by atoms with E-state index in [1.807, 2.05) is 25.1 Å². The predicted octanol–water partition coefficient (Wildman–Crippen LogP) is 2.09. The number of amides is 1. The summed E-state index contributed by atoms with van der Waals surface area (Å²) >= 11 is 6.05. The summed E-state index contributed by atoms with van der Waals surface area (Å²) in [7, 11) is 3.45. The third-order valence-corrected chi connectivity index (χ3v) is 2.94. The molecule has 0 aliphatic heterocycles. The fourth-order valence-corrected chi connectivity index (χ4v) is 1.87. The number of imidazole rings is 1. The van der Waals surface area contributed by atoms with Crippen LogP contribution in [-0.2, 0) is 11.3 Å². The highest BCUT2D eigenvalue weighted by molar-refractivity contribution is 6.29. The van der Waals surface area contributed by atoms with E-state index in [9.17, 15) is 4.79 Å². The van der Waals surface area contributed by atoms with Crippen molar-refractivity contribution in [3.8, 4) is 0 Å². The average Bonchev–Trinajstić information content (AvgIpc) is 2.55. The van der Waals surface area contributed by atoms with Crippen molar-refractivity contribution in [2.75, 3.05) is 14.1 Å². The summed E-state index contributed by atoms with van der Waals surface area (Å²) in [6.07, 6.45) is 0. The molecule has 0 spiro atoms. The quantitative estimate of drug-likeness (QED) is 0.820. The van der Waals surface area contributed by atoms with Gasteiger partial charge in [0, 0.05) is 14.1 Å². The first-order valence-electron chi connectivity index (χ1n) is 5.31. The second-order valence-electron chi connectivity index (χ2n) is 4.25. The van der Waals surface area contributed by atoms with Crippen molar-refractivity contribution in [1.82, 2.24) is 14.5 Å². The molecule has 1 amide bonds. The number of nitrogens with zero attached hydrogens (tertiary/aromatic N) is 3. The van der Waals surface area contributed by atoms with E-state index in [4.69, 9.17) is 11.6 Å². The number of carbonyl (C=O) groups is 1. The van der Waals surface area contributed by atoms with Gasteiger partial charge in [0.2, 0.25) is 11.2 Å². The van der Waals surface area contributed by atoms with Crippen LogP contribution < -0.4 is 0 Å². The van der Waals surface area contributed by atoms with Gasteiger partial charge in [0.1, 0.15) is 6.54 Å². The monoisotopic (exact) mass is 251 g/mol. The van der Waals surface area contributed by atoms with Crippen LogP contribution in [0.3, 0.4) is 0 Å². The molecule has 0 radical (unpaired) electrons. The minimum absolute atomic E-state index is 0.00675. The number of aromatic nitrogens is 2. The van der Waals surface area contributed by atoms with Gasteiger partial charge in [0.25, 0.3) is 0 Å². The van der Waals surface area contributed by atoms with Crippen molar-refractivity contribution in [2.24, 2.45) is 0 Å². The highest BCUT2D eigenvalue weighted by atomic mass is 35.5. The zero-order valence-electron chi connectivity index (χ0n) is 10.1. The van der Waals surface area contributed by atoms with Crippen LogP contribution >= 0.6 is 11.6 Å². The van der Waals surface area contributed by atoms with Crippen LogP contribution in [0.2, 0.25) is 5.28 Å². The van der Waals surface area contributed by atoms with E-state index < -0.39 is 0 Å². The molecule has 90 valence electrons. The van der Waals surface area contributed by atoms with Gasteiger partial charge >= 0.3 is 0 Å². The van der Waals surface area contributed by atoms with Gasteiger partial charge in [-0.05, 0) is 36.2 Å². The first kappa shape index (κ1) is 11.9. The molecular weight excluding hydrogens is 238 g/mol. The lowest BCUT2D eigenvalue weighted by Gasteiger charge is -2.11. The van der Waals surface area contributed by atoms with E-state index in [1.165, 1.54) is 4.90 Å². The molecule has 0 saturated heterocycles. The van der Waals surface area contributed by atoms with Gasteiger partial charge < -0.3 is 9.47 Å². The van der Waals surface area contributed by atoms with E-state index in [-0.39, 0.29) is 12.5 Å². The molecule has 4 nitrogen and oxygen atoms in total. The number of benzene rings is 1. The molecule has 2 aromatic rings. The van der Waals surface area contributed by atoms with E-state index in [0.29, 0.717) is 5.28 Å². The Labute approximate surface area is 105 Å². The van der Waals surface area contributed by atoms with Crippen LogP contribution in [0, 0.1) is 6.92 Å². The van der Waals surface area contributed by atoms with Gasteiger partial charge in [-0.1, -0.05) is 6.07 Å². The molecule has 0 saturated carbocycles. The number of hydrogen-bond donors (Lipinski definition) is 0. The second kappa shape index (κ2) is 4.37. The number of fused-ring (bicyclic) bond motifs is 1. The molecule has 0 aliphatic carbocycles. The van der Waals surface area contributed by atoms with Gasteiger partial charge in [-0.3, -0.25) is 4.79 Å². The molecule has 5 heteroatoms. The highest BCUT2D eigenvalue weighted by Gasteiger charge is 2.13. The average molecular weight is 252 g/mol. The minimum atomic E-state index is -0.00675. The molecule has 0 N–H and O–H groups in total. The summed E-state index contributed by atoms with van der Waals surface area (Å²) in [5.74, 6) is -0.00675.